The van der Waals surface area contributed by atoms with Gasteiger partial charge in [0.2, 0.25) is 5.82 Å². The molecule has 18 heavy (non-hydrogen) atoms. The van der Waals surface area contributed by atoms with E-state index in [0.717, 1.165) is 32.4 Å². The SMILES string of the molecule is COc1c(F)c(F)cc(C2(N)CCCCC2)c1F. The van der Waals surface area contributed by atoms with Gasteiger partial charge in [0.15, 0.2) is 17.4 Å². The average molecular weight is 259 g/mol. The second-order valence-electron chi connectivity index (χ2n) is 4.78. The zero-order chi connectivity index (χ0) is 13.3. The topological polar surface area (TPSA) is 35.2 Å². The molecular weight excluding hydrogens is 243 g/mol. The number of benzene rings is 1. The zero-order valence-electron chi connectivity index (χ0n) is 10.2. The summed E-state index contributed by atoms with van der Waals surface area (Å²) in [5.74, 6) is -4.02. The molecule has 0 bridgehead atoms. The molecule has 0 saturated heterocycles. The van der Waals surface area contributed by atoms with E-state index in [1.54, 1.807) is 0 Å². The first-order chi connectivity index (χ1) is 8.49. The van der Waals surface area contributed by atoms with Crippen LogP contribution in [0, 0.1) is 17.5 Å². The second-order valence-corrected chi connectivity index (χ2v) is 4.78. The van der Waals surface area contributed by atoms with E-state index in [1.807, 2.05) is 0 Å². The van der Waals surface area contributed by atoms with Gasteiger partial charge in [-0.15, -0.1) is 0 Å². The molecule has 2 N–H and O–H groups in total. The molecule has 0 aliphatic heterocycles. The predicted octanol–water partition coefficient (Wildman–Crippen LogP) is 3.23. The Morgan fingerprint density at radius 1 is 1.11 bits per heavy atom. The Hall–Kier alpha value is -1.23. The summed E-state index contributed by atoms with van der Waals surface area (Å²) in [6.45, 7) is 0. The molecule has 1 saturated carbocycles. The lowest BCUT2D eigenvalue weighted by atomic mass is 9.77. The normalized spacial score (nSPS) is 18.7. The van der Waals surface area contributed by atoms with E-state index >= 15 is 0 Å². The van der Waals surface area contributed by atoms with Crippen LogP contribution >= 0.6 is 0 Å². The van der Waals surface area contributed by atoms with Crippen molar-refractivity contribution in [1.82, 2.24) is 0 Å². The van der Waals surface area contributed by atoms with Gasteiger partial charge in [-0.05, 0) is 18.9 Å². The Balaban J connectivity index is 2.53. The summed E-state index contributed by atoms with van der Waals surface area (Å²) in [6.07, 6.45) is 3.88. The van der Waals surface area contributed by atoms with Crippen LogP contribution in [0.2, 0.25) is 0 Å². The molecule has 0 radical (unpaired) electrons. The van der Waals surface area contributed by atoms with Crippen molar-refractivity contribution >= 4 is 0 Å². The van der Waals surface area contributed by atoms with Crippen LogP contribution in [0.5, 0.6) is 5.75 Å². The van der Waals surface area contributed by atoms with Crippen molar-refractivity contribution in [2.75, 3.05) is 7.11 Å². The van der Waals surface area contributed by atoms with Crippen molar-refractivity contribution in [2.24, 2.45) is 5.73 Å². The molecule has 1 aromatic rings. The fraction of sp³-hybridized carbons (Fsp3) is 0.538. The van der Waals surface area contributed by atoms with Gasteiger partial charge in [-0.2, -0.15) is 4.39 Å². The molecule has 0 spiro atoms. The number of methoxy groups -OCH3 is 1. The monoisotopic (exact) mass is 259 g/mol. The van der Waals surface area contributed by atoms with Crippen LogP contribution in [0.1, 0.15) is 37.7 Å². The van der Waals surface area contributed by atoms with Crippen LogP contribution in [-0.2, 0) is 5.54 Å². The Morgan fingerprint density at radius 2 is 1.72 bits per heavy atom. The highest BCUT2D eigenvalue weighted by molar-refractivity contribution is 5.38. The summed E-state index contributed by atoms with van der Waals surface area (Å²) < 4.78 is 45.5. The van der Waals surface area contributed by atoms with Crippen LogP contribution in [0.4, 0.5) is 13.2 Å². The summed E-state index contributed by atoms with van der Waals surface area (Å²) in [7, 11) is 1.11. The van der Waals surface area contributed by atoms with Crippen LogP contribution in [0.3, 0.4) is 0 Å². The van der Waals surface area contributed by atoms with E-state index in [-0.39, 0.29) is 5.56 Å². The van der Waals surface area contributed by atoms with E-state index in [0.29, 0.717) is 12.8 Å². The van der Waals surface area contributed by atoms with E-state index in [9.17, 15) is 13.2 Å². The highest BCUT2D eigenvalue weighted by Gasteiger charge is 2.35. The van der Waals surface area contributed by atoms with Crippen molar-refractivity contribution in [3.8, 4) is 5.75 Å². The lowest BCUT2D eigenvalue weighted by Gasteiger charge is -2.34. The third kappa shape index (κ3) is 2.07. The highest BCUT2D eigenvalue weighted by Crippen LogP contribution is 2.39. The molecule has 100 valence electrons. The molecule has 1 fully saturated rings. The van der Waals surface area contributed by atoms with Crippen molar-refractivity contribution in [3.05, 3.63) is 29.1 Å². The fourth-order valence-electron chi connectivity index (χ4n) is 2.57. The minimum atomic E-state index is -1.31. The number of nitrogens with two attached hydrogens (primary N) is 1. The average Bonchev–Trinajstić information content (AvgIpc) is 2.35. The molecule has 0 atom stereocenters. The first kappa shape index (κ1) is 13.2. The minimum absolute atomic E-state index is 0.0120. The number of halogens is 3. The fourth-order valence-corrected chi connectivity index (χ4v) is 2.57. The third-order valence-corrected chi connectivity index (χ3v) is 3.60. The van der Waals surface area contributed by atoms with Crippen LogP contribution < -0.4 is 10.5 Å². The maximum atomic E-state index is 14.1. The number of hydrogen-bond donors (Lipinski definition) is 1. The van der Waals surface area contributed by atoms with Gasteiger partial charge in [-0.3, -0.25) is 0 Å². The largest absolute Gasteiger partial charge is 0.491 e. The lowest BCUT2D eigenvalue weighted by molar-refractivity contribution is 0.280. The van der Waals surface area contributed by atoms with Gasteiger partial charge in [0, 0.05) is 11.1 Å². The molecule has 1 aliphatic carbocycles. The van der Waals surface area contributed by atoms with Gasteiger partial charge in [0.1, 0.15) is 0 Å². The lowest BCUT2D eigenvalue weighted by Crippen LogP contribution is -2.39. The van der Waals surface area contributed by atoms with Crippen LogP contribution in [0.15, 0.2) is 6.07 Å². The maximum absolute atomic E-state index is 14.1. The van der Waals surface area contributed by atoms with Gasteiger partial charge in [0.25, 0.3) is 0 Å². The summed E-state index contributed by atoms with van der Waals surface area (Å²) in [5, 5.41) is 0. The second kappa shape index (κ2) is 4.80. The van der Waals surface area contributed by atoms with Crippen molar-refractivity contribution in [1.29, 1.82) is 0 Å². The van der Waals surface area contributed by atoms with Gasteiger partial charge in [-0.25, -0.2) is 8.78 Å². The Kier molecular flexibility index (Phi) is 3.52. The number of rotatable bonds is 2. The third-order valence-electron chi connectivity index (χ3n) is 3.60. The standard InChI is InChI=1S/C13H16F3NO/c1-18-12-10(15)8(7-9(14)11(12)16)13(17)5-3-2-4-6-13/h7H,2-6,17H2,1H3. The van der Waals surface area contributed by atoms with E-state index in [4.69, 9.17) is 5.73 Å². The van der Waals surface area contributed by atoms with E-state index < -0.39 is 28.7 Å². The summed E-state index contributed by atoms with van der Waals surface area (Å²) in [6, 6.07) is 0.860. The molecule has 1 aromatic carbocycles. The Morgan fingerprint density at radius 3 is 2.28 bits per heavy atom. The van der Waals surface area contributed by atoms with Crippen LogP contribution in [0.25, 0.3) is 0 Å². The molecule has 1 aliphatic rings. The van der Waals surface area contributed by atoms with E-state index in [2.05, 4.69) is 4.74 Å². The van der Waals surface area contributed by atoms with Gasteiger partial charge in [0.05, 0.1) is 7.11 Å². The molecule has 0 aromatic heterocycles. The summed E-state index contributed by atoms with van der Waals surface area (Å²) in [4.78, 5) is 0. The summed E-state index contributed by atoms with van der Waals surface area (Å²) >= 11 is 0. The molecule has 0 unspecified atom stereocenters. The number of ether oxygens (including phenoxy) is 1. The Bertz CT molecular complexity index is 456. The van der Waals surface area contributed by atoms with Crippen LogP contribution in [-0.4, -0.2) is 7.11 Å². The summed E-state index contributed by atoms with van der Waals surface area (Å²) in [5.41, 5.74) is 5.22. The molecule has 0 amide bonds. The molecule has 2 nitrogen and oxygen atoms in total. The van der Waals surface area contributed by atoms with E-state index in [1.165, 1.54) is 0 Å². The maximum Gasteiger partial charge on any atom is 0.203 e. The molecule has 2 rings (SSSR count). The first-order valence-electron chi connectivity index (χ1n) is 6.00. The van der Waals surface area contributed by atoms with Crippen molar-refractivity contribution < 1.29 is 17.9 Å². The van der Waals surface area contributed by atoms with Crippen molar-refractivity contribution in [3.63, 3.8) is 0 Å². The minimum Gasteiger partial charge on any atom is -0.491 e. The smallest absolute Gasteiger partial charge is 0.203 e. The zero-order valence-corrected chi connectivity index (χ0v) is 10.2. The first-order valence-corrected chi connectivity index (χ1v) is 6.00. The molecular formula is C13H16F3NO. The van der Waals surface area contributed by atoms with Crippen molar-refractivity contribution in [2.45, 2.75) is 37.6 Å². The molecule has 5 heteroatoms. The highest BCUT2D eigenvalue weighted by atomic mass is 19.2. The van der Waals surface area contributed by atoms with Gasteiger partial charge in [-0.1, -0.05) is 19.3 Å². The van der Waals surface area contributed by atoms with Gasteiger partial charge < -0.3 is 10.5 Å². The van der Waals surface area contributed by atoms with Gasteiger partial charge >= 0.3 is 0 Å². The predicted molar refractivity (Wildman–Crippen MR) is 61.8 cm³/mol. The quantitative estimate of drug-likeness (QED) is 0.827. The number of hydrogen-bond acceptors (Lipinski definition) is 2. The Labute approximate surface area is 104 Å². The molecule has 0 heterocycles.